The van der Waals surface area contributed by atoms with Crippen LogP contribution in [0.4, 0.5) is 22.7 Å². The molecular formula is C84H71N4O2Pt-3. The Balaban J connectivity index is 0.00000995. The van der Waals surface area contributed by atoms with Gasteiger partial charge in [-0.25, -0.2) is 4.98 Å². The predicted octanol–water partition coefficient (Wildman–Crippen LogP) is 23.0. The van der Waals surface area contributed by atoms with Gasteiger partial charge in [0, 0.05) is 89.7 Å². The first-order chi connectivity index (χ1) is 49.7. The zero-order chi connectivity index (χ0) is 74.9. The predicted molar refractivity (Wildman–Crippen MR) is 374 cm³/mol. The van der Waals surface area contributed by atoms with E-state index in [9.17, 15) is 0 Å². The van der Waals surface area contributed by atoms with E-state index in [2.05, 4.69) is 135 Å². The molecular weight excluding hydrogens is 1290 g/mol. The van der Waals surface area contributed by atoms with E-state index in [0.29, 0.717) is 61.7 Å². The van der Waals surface area contributed by atoms with E-state index in [1.807, 2.05) is 53.1 Å². The fraction of sp³-hybridized carbons (Fsp3) is 0.143. The van der Waals surface area contributed by atoms with Gasteiger partial charge in [-0.1, -0.05) is 249 Å². The van der Waals surface area contributed by atoms with Crippen molar-refractivity contribution in [2.24, 2.45) is 0 Å². The molecule has 0 atom stereocenters. The van der Waals surface area contributed by atoms with Gasteiger partial charge in [0.05, 0.1) is 20.6 Å². The quantitative estimate of drug-likeness (QED) is 0.114. The summed E-state index contributed by atoms with van der Waals surface area (Å²) in [6.07, 6.45) is 1.68. The van der Waals surface area contributed by atoms with E-state index in [0.717, 1.165) is 27.8 Å². The van der Waals surface area contributed by atoms with Crippen LogP contribution in [0.2, 0.25) is 0 Å². The van der Waals surface area contributed by atoms with Crippen LogP contribution in [-0.4, -0.2) is 9.55 Å². The minimum absolute atomic E-state index is 0. The van der Waals surface area contributed by atoms with Crippen LogP contribution in [0.5, 0.6) is 23.0 Å². The second-order valence-electron chi connectivity index (χ2n) is 25.5. The first kappa shape index (κ1) is 44.7. The number of hydrogen-bond acceptors (Lipinski definition) is 5. The van der Waals surface area contributed by atoms with Crippen LogP contribution in [0.25, 0.3) is 83.3 Å². The van der Waals surface area contributed by atoms with Gasteiger partial charge in [-0.05, 0) is 108 Å². The number of aromatic nitrogens is 2. The Kier molecular flexibility index (Phi) is 11.9. The van der Waals surface area contributed by atoms with Gasteiger partial charge in [0.1, 0.15) is 17.3 Å². The summed E-state index contributed by atoms with van der Waals surface area (Å²) in [6, 6.07) is 51.0. The molecule has 0 unspecified atom stereocenters. The van der Waals surface area contributed by atoms with Gasteiger partial charge in [0.25, 0.3) is 0 Å². The van der Waals surface area contributed by atoms with Gasteiger partial charge in [0.2, 0.25) is 0 Å². The largest absolute Gasteiger partial charge is 0.509 e. The first-order valence-corrected chi connectivity index (χ1v) is 29.8. The minimum Gasteiger partial charge on any atom is -0.509 e. The zero-order valence-electron chi connectivity index (χ0n) is 66.7. The van der Waals surface area contributed by atoms with Crippen molar-refractivity contribution in [3.05, 3.63) is 296 Å². The van der Waals surface area contributed by atoms with Crippen LogP contribution in [0.3, 0.4) is 0 Å². The normalized spacial score (nSPS) is 14.8. The van der Waals surface area contributed by atoms with Gasteiger partial charge >= 0.3 is 0 Å². The van der Waals surface area contributed by atoms with Crippen molar-refractivity contribution in [1.29, 1.82) is 0 Å². The summed E-state index contributed by atoms with van der Waals surface area (Å²) in [4.78, 5) is 8.54. The van der Waals surface area contributed by atoms with Crippen molar-refractivity contribution < 1.29 is 51.1 Å². The molecule has 14 rings (SSSR count). The Morgan fingerprint density at radius 3 is 1.53 bits per heavy atom. The molecule has 0 saturated carbocycles. The van der Waals surface area contributed by atoms with Crippen LogP contribution in [0.15, 0.2) is 261 Å². The minimum atomic E-state index is -0.602. The Morgan fingerprint density at radius 2 is 0.956 bits per heavy atom. The molecule has 0 spiro atoms. The van der Waals surface area contributed by atoms with E-state index in [-0.39, 0.29) is 94.4 Å². The van der Waals surface area contributed by atoms with Crippen molar-refractivity contribution >= 4 is 44.6 Å². The van der Waals surface area contributed by atoms with Crippen LogP contribution in [0, 0.1) is 18.8 Å². The van der Waals surface area contributed by atoms with Crippen molar-refractivity contribution in [1.82, 2.24) is 9.55 Å². The second-order valence-corrected chi connectivity index (χ2v) is 25.5. The molecule has 13 aromatic rings. The van der Waals surface area contributed by atoms with Crippen LogP contribution < -0.4 is 19.3 Å². The number of rotatable bonds is 12. The van der Waals surface area contributed by atoms with Crippen molar-refractivity contribution in [2.75, 3.05) is 9.80 Å². The summed E-state index contributed by atoms with van der Waals surface area (Å²) < 4.78 is 148. The average molecular weight is 1380 g/mol. The van der Waals surface area contributed by atoms with Gasteiger partial charge in [0.15, 0.2) is 0 Å². The number of nitrogens with zero attached hydrogens (tertiary/aromatic N) is 4. The Morgan fingerprint density at radius 1 is 0.429 bits per heavy atom. The smallest absolute Gasteiger partial charge is 0.143 e. The molecule has 0 N–H and O–H groups in total. The molecule has 0 amide bonds. The van der Waals surface area contributed by atoms with E-state index < -0.39 is 78.6 Å². The fourth-order valence-corrected chi connectivity index (χ4v) is 11.6. The molecule has 0 saturated heterocycles. The molecule has 0 fully saturated rings. The maximum Gasteiger partial charge on any atom is 0.143 e. The Bertz CT molecular complexity index is 5490. The van der Waals surface area contributed by atoms with Crippen LogP contribution >= 0.6 is 0 Å². The maximum atomic E-state index is 9.17. The topological polar surface area (TPSA) is 42.8 Å². The summed E-state index contributed by atoms with van der Waals surface area (Å²) in [6.45, 7) is 21.5. The van der Waals surface area contributed by atoms with Crippen molar-refractivity contribution in [2.45, 2.75) is 78.6 Å². The molecule has 0 bridgehead atoms. The SMILES string of the molecule is [2H]c1c([2H])c([2H])c(-c2ccc3c(c2)c2ccc(Oc4[c-]c(N5[CH-]N(c6c(-c7c([2H])c([2H])c([2H])c([2H])c7[2H])cccc6-c6c([2H])c([2H])c([2H])c([2H])c6[2H])c6ccccc65)ccc4)[c-]c2n3-c2cc(Oc3c(-c4ccc(C(C)(C)C)cc4)cc(C(C)(C)C)cc3-c3ccc(C(C)(C)C)cc3)ccn2)c([2H])c1[2H].[Pt]. The fourth-order valence-electron chi connectivity index (χ4n) is 11.6. The standard InChI is InChI=1S/C84H71N4O2.Pt/c1-82(2,3)62-40-35-59(36-41-62)72-50-64(84(7,8)9)51-73(60-37-42-63(43-38-60)83(4,5)6)81(72)90-68-47-48-85-79(54-68)88-75-46-39-61(56-23-13-10-14-24-56)49-74(75)71-45-44-67(53-78(71)88)89-66-30-21-29-65(52-66)86-55-87(77-34-20-19-33-76(77)86)80-69(57-25-15-11-16-26-57)31-22-32-70(80)58-27-17-12-18-28-58;/h10-51,54-55H,1-9H3;/q-3;/i10D,11D,12D,13D,14D,15D,16D,17D,18D,23D,24D,25D,26D,27D,28D;. The monoisotopic (exact) mass is 1380 g/mol. The van der Waals surface area contributed by atoms with E-state index in [1.165, 1.54) is 11.1 Å². The number of ether oxygens (including phenoxy) is 2. The molecule has 0 radical (unpaired) electrons. The van der Waals surface area contributed by atoms with Crippen molar-refractivity contribution in [3.63, 3.8) is 0 Å². The zero-order valence-corrected chi connectivity index (χ0v) is 53.9. The van der Waals surface area contributed by atoms with Crippen molar-refractivity contribution in [3.8, 4) is 84.5 Å². The first-order valence-electron chi connectivity index (χ1n) is 37.3. The number of anilines is 4. The average Bonchev–Trinajstić information content (AvgIpc) is 1.38. The third-order valence-electron chi connectivity index (χ3n) is 16.4. The summed E-state index contributed by atoms with van der Waals surface area (Å²) in [5.41, 5.74) is 9.99. The molecule has 1 aliphatic rings. The molecule has 11 aromatic carbocycles. The molecule has 0 aliphatic carbocycles. The number of benzene rings is 11. The van der Waals surface area contributed by atoms with Gasteiger partial charge in [-0.3, -0.25) is 0 Å². The summed E-state index contributed by atoms with van der Waals surface area (Å²) >= 11 is 0. The Hall–Kier alpha value is -9.74. The van der Waals surface area contributed by atoms with Gasteiger partial charge < -0.3 is 23.8 Å². The third-order valence-corrected chi connectivity index (χ3v) is 16.4. The van der Waals surface area contributed by atoms with Gasteiger partial charge in [-0.2, -0.15) is 12.1 Å². The molecule has 3 heterocycles. The van der Waals surface area contributed by atoms with E-state index >= 15 is 0 Å². The molecule has 91 heavy (non-hydrogen) atoms. The summed E-state index contributed by atoms with van der Waals surface area (Å²) in [7, 11) is 0. The summed E-state index contributed by atoms with van der Waals surface area (Å²) in [5, 5.41) is 1.31. The van der Waals surface area contributed by atoms with E-state index in [1.54, 1.807) is 77.3 Å². The summed E-state index contributed by atoms with van der Waals surface area (Å²) in [5.74, 6) is 2.03. The van der Waals surface area contributed by atoms with Crippen LogP contribution in [-0.2, 0) is 37.3 Å². The molecule has 2 aromatic heterocycles. The maximum absolute atomic E-state index is 9.17. The Labute approximate surface area is 571 Å². The molecule has 452 valence electrons. The molecule has 1 aliphatic heterocycles. The molecule has 7 heteroatoms. The number of pyridine rings is 1. The second kappa shape index (κ2) is 24.2. The van der Waals surface area contributed by atoms with E-state index in [4.69, 9.17) is 35.0 Å². The van der Waals surface area contributed by atoms with Crippen LogP contribution in [0.1, 0.15) is 99.6 Å². The molecule has 6 nitrogen and oxygen atoms in total. The number of hydrogen-bond donors (Lipinski definition) is 0. The third kappa shape index (κ3) is 11.9. The van der Waals surface area contributed by atoms with Gasteiger partial charge in [-0.15, -0.1) is 48.1 Å². The number of fused-ring (bicyclic) bond motifs is 4. The number of para-hydroxylation sites is 3.